The molecule has 2 aliphatic heterocycles. The summed E-state index contributed by atoms with van der Waals surface area (Å²) in [4.78, 5) is 12.1. The molecule has 1 saturated heterocycles. The second-order valence-corrected chi connectivity index (χ2v) is 6.54. The lowest BCUT2D eigenvalue weighted by atomic mass is 10.1. The second-order valence-electron chi connectivity index (χ2n) is 6.54. The van der Waals surface area contributed by atoms with Gasteiger partial charge in [0.1, 0.15) is 11.6 Å². The number of carbonyl (C=O) groups is 1. The number of nitrogens with one attached hydrogen (secondary N) is 3. The standard InChI is InChI=1S/C20H19F2N3O2/c21-15-2-1-3-18-19(15)14(20(26)25-18)11-23-13-4-5-17(16(22)10-13)24-12-6-8-27-9-7-12/h1-5,10-12,23-24H,6-9H2,(H,25,26). The summed E-state index contributed by atoms with van der Waals surface area (Å²) in [6.07, 6.45) is 3.07. The maximum absolute atomic E-state index is 14.4. The Morgan fingerprint density at radius 1 is 1.11 bits per heavy atom. The van der Waals surface area contributed by atoms with Crippen LogP contribution in [-0.4, -0.2) is 25.2 Å². The van der Waals surface area contributed by atoms with Crippen LogP contribution >= 0.6 is 0 Å². The largest absolute Gasteiger partial charge is 0.381 e. The number of hydrogen-bond acceptors (Lipinski definition) is 4. The van der Waals surface area contributed by atoms with Gasteiger partial charge < -0.3 is 20.7 Å². The van der Waals surface area contributed by atoms with E-state index in [1.807, 2.05) is 0 Å². The molecule has 7 heteroatoms. The quantitative estimate of drug-likeness (QED) is 0.712. The molecule has 140 valence electrons. The zero-order valence-electron chi connectivity index (χ0n) is 14.5. The van der Waals surface area contributed by atoms with Crippen LogP contribution in [0.2, 0.25) is 0 Å². The molecule has 0 saturated carbocycles. The number of hydrogen-bond donors (Lipinski definition) is 3. The molecule has 2 aromatic carbocycles. The molecular formula is C20H19F2N3O2. The average Bonchev–Trinajstić information content (AvgIpc) is 2.99. The van der Waals surface area contributed by atoms with Crippen LogP contribution in [0.15, 0.2) is 42.6 Å². The van der Waals surface area contributed by atoms with Crippen LogP contribution in [0, 0.1) is 11.6 Å². The first-order valence-electron chi connectivity index (χ1n) is 8.82. The van der Waals surface area contributed by atoms with E-state index in [9.17, 15) is 13.6 Å². The monoisotopic (exact) mass is 371 g/mol. The molecular weight excluding hydrogens is 352 g/mol. The molecule has 2 aliphatic rings. The number of amides is 1. The Morgan fingerprint density at radius 2 is 1.93 bits per heavy atom. The third-order valence-electron chi connectivity index (χ3n) is 4.71. The summed E-state index contributed by atoms with van der Waals surface area (Å²) in [5, 5.41) is 8.68. The van der Waals surface area contributed by atoms with Crippen LogP contribution in [-0.2, 0) is 9.53 Å². The lowest BCUT2D eigenvalue weighted by Gasteiger charge is -2.24. The molecule has 0 spiro atoms. The molecule has 0 aliphatic carbocycles. The summed E-state index contributed by atoms with van der Waals surface area (Å²) >= 11 is 0. The number of anilines is 3. The van der Waals surface area contributed by atoms with Gasteiger partial charge in [-0.2, -0.15) is 0 Å². The van der Waals surface area contributed by atoms with E-state index in [1.54, 1.807) is 18.2 Å². The summed E-state index contributed by atoms with van der Waals surface area (Å²) in [6, 6.07) is 9.34. The summed E-state index contributed by atoms with van der Waals surface area (Å²) in [5.74, 6) is -1.28. The van der Waals surface area contributed by atoms with Crippen molar-refractivity contribution in [3.8, 4) is 0 Å². The maximum atomic E-state index is 14.4. The molecule has 2 heterocycles. The Hall–Kier alpha value is -2.93. The van der Waals surface area contributed by atoms with Gasteiger partial charge in [-0.05, 0) is 43.2 Å². The van der Waals surface area contributed by atoms with Crippen LogP contribution in [0.3, 0.4) is 0 Å². The van der Waals surface area contributed by atoms with Gasteiger partial charge in [0.2, 0.25) is 0 Å². The fraction of sp³-hybridized carbons (Fsp3) is 0.250. The Morgan fingerprint density at radius 3 is 2.70 bits per heavy atom. The molecule has 0 unspecified atom stereocenters. The molecule has 0 aromatic heterocycles. The number of ether oxygens (including phenoxy) is 1. The molecule has 1 amide bonds. The minimum Gasteiger partial charge on any atom is -0.381 e. The predicted molar refractivity (Wildman–Crippen MR) is 100 cm³/mol. The number of fused-ring (bicyclic) bond motifs is 1. The van der Waals surface area contributed by atoms with Gasteiger partial charge in [-0.25, -0.2) is 8.78 Å². The first-order valence-corrected chi connectivity index (χ1v) is 8.82. The molecule has 2 aromatic rings. The smallest absolute Gasteiger partial charge is 0.257 e. The maximum Gasteiger partial charge on any atom is 0.257 e. The Labute approximate surface area is 155 Å². The lowest BCUT2D eigenvalue weighted by Crippen LogP contribution is -2.28. The van der Waals surface area contributed by atoms with Gasteiger partial charge in [0.15, 0.2) is 0 Å². The van der Waals surface area contributed by atoms with Crippen LogP contribution in [0.1, 0.15) is 18.4 Å². The van der Waals surface area contributed by atoms with Crippen LogP contribution < -0.4 is 16.0 Å². The van der Waals surface area contributed by atoms with Crippen molar-refractivity contribution in [2.75, 3.05) is 29.2 Å². The Kier molecular flexibility index (Phi) is 4.77. The normalized spacial score (nSPS) is 18.3. The molecule has 27 heavy (non-hydrogen) atoms. The summed E-state index contributed by atoms with van der Waals surface area (Å²) < 4.78 is 33.7. The number of carbonyl (C=O) groups excluding carboxylic acids is 1. The van der Waals surface area contributed by atoms with Gasteiger partial charge in [0.25, 0.3) is 5.91 Å². The van der Waals surface area contributed by atoms with Crippen molar-refractivity contribution < 1.29 is 18.3 Å². The summed E-state index contributed by atoms with van der Waals surface area (Å²) in [6.45, 7) is 1.35. The van der Waals surface area contributed by atoms with Gasteiger partial charge in [0.05, 0.1) is 16.9 Å². The third kappa shape index (κ3) is 3.64. The van der Waals surface area contributed by atoms with Gasteiger partial charge in [-0.1, -0.05) is 6.07 Å². The minimum atomic E-state index is -0.485. The SMILES string of the molecule is O=C1Nc2cccc(F)c2C1=CNc1ccc(NC2CCOCC2)c(F)c1. The third-order valence-corrected chi connectivity index (χ3v) is 4.71. The molecule has 0 atom stereocenters. The highest BCUT2D eigenvalue weighted by atomic mass is 19.1. The summed E-state index contributed by atoms with van der Waals surface area (Å²) in [5.41, 5.74) is 1.71. The van der Waals surface area contributed by atoms with E-state index in [2.05, 4.69) is 16.0 Å². The highest BCUT2D eigenvalue weighted by Gasteiger charge is 2.27. The fourth-order valence-electron chi connectivity index (χ4n) is 3.28. The Balaban J connectivity index is 1.50. The zero-order valence-corrected chi connectivity index (χ0v) is 14.5. The molecule has 3 N–H and O–H groups in total. The first kappa shape index (κ1) is 17.5. The van der Waals surface area contributed by atoms with E-state index in [4.69, 9.17) is 4.74 Å². The average molecular weight is 371 g/mol. The molecule has 5 nitrogen and oxygen atoms in total. The zero-order chi connectivity index (χ0) is 18.8. The van der Waals surface area contributed by atoms with Crippen LogP contribution in [0.5, 0.6) is 0 Å². The minimum absolute atomic E-state index is 0.174. The fourth-order valence-corrected chi connectivity index (χ4v) is 3.28. The molecule has 1 fully saturated rings. The van der Waals surface area contributed by atoms with E-state index in [-0.39, 0.29) is 17.2 Å². The van der Waals surface area contributed by atoms with E-state index in [0.29, 0.717) is 30.3 Å². The van der Waals surface area contributed by atoms with Crippen molar-refractivity contribution in [2.45, 2.75) is 18.9 Å². The predicted octanol–water partition coefficient (Wildman–Crippen LogP) is 3.96. The highest BCUT2D eigenvalue weighted by molar-refractivity contribution is 6.31. The first-order chi connectivity index (χ1) is 13.1. The molecule has 0 radical (unpaired) electrons. The molecule has 4 rings (SSSR count). The number of halogens is 2. The van der Waals surface area contributed by atoms with Crippen molar-refractivity contribution in [3.05, 3.63) is 59.8 Å². The number of rotatable bonds is 4. The Bertz CT molecular complexity index is 908. The van der Waals surface area contributed by atoms with Crippen molar-refractivity contribution in [1.82, 2.24) is 0 Å². The second kappa shape index (κ2) is 7.36. The van der Waals surface area contributed by atoms with Gasteiger partial charge in [-0.15, -0.1) is 0 Å². The van der Waals surface area contributed by atoms with Gasteiger partial charge in [-0.3, -0.25) is 4.79 Å². The van der Waals surface area contributed by atoms with Crippen molar-refractivity contribution in [3.63, 3.8) is 0 Å². The number of benzene rings is 2. The topological polar surface area (TPSA) is 62.4 Å². The van der Waals surface area contributed by atoms with Gasteiger partial charge in [0, 0.05) is 36.7 Å². The van der Waals surface area contributed by atoms with E-state index in [0.717, 1.165) is 12.8 Å². The van der Waals surface area contributed by atoms with E-state index >= 15 is 0 Å². The van der Waals surface area contributed by atoms with Crippen LogP contribution in [0.25, 0.3) is 5.57 Å². The summed E-state index contributed by atoms with van der Waals surface area (Å²) in [7, 11) is 0. The molecule has 0 bridgehead atoms. The van der Waals surface area contributed by atoms with Crippen molar-refractivity contribution in [1.29, 1.82) is 0 Å². The van der Waals surface area contributed by atoms with Crippen molar-refractivity contribution in [2.24, 2.45) is 0 Å². The highest BCUT2D eigenvalue weighted by Crippen LogP contribution is 2.33. The van der Waals surface area contributed by atoms with Crippen LogP contribution in [0.4, 0.5) is 25.8 Å². The van der Waals surface area contributed by atoms with Gasteiger partial charge >= 0.3 is 0 Å². The lowest BCUT2D eigenvalue weighted by molar-refractivity contribution is -0.110. The van der Waals surface area contributed by atoms with E-state index < -0.39 is 17.5 Å². The van der Waals surface area contributed by atoms with E-state index in [1.165, 1.54) is 24.4 Å². The van der Waals surface area contributed by atoms with Crippen molar-refractivity contribution >= 4 is 28.5 Å².